The number of alkyl halides is 3. The Balaban J connectivity index is 2.60. The summed E-state index contributed by atoms with van der Waals surface area (Å²) in [4.78, 5) is 0. The Labute approximate surface area is 133 Å². The Hall–Kier alpha value is -2.30. The van der Waals surface area contributed by atoms with Crippen molar-refractivity contribution in [3.8, 4) is 0 Å². The molecule has 122 valence electrons. The normalized spacial score (nSPS) is 13.7. The largest absolute Gasteiger partial charge is 0.623 e. The van der Waals surface area contributed by atoms with Gasteiger partial charge in [0.1, 0.15) is 0 Å². The second-order valence-electron chi connectivity index (χ2n) is 6.25. The smallest absolute Gasteiger partial charge is 0.416 e. The highest BCUT2D eigenvalue weighted by atomic mass is 19.4. The molecule has 0 heterocycles. The van der Waals surface area contributed by atoms with Crippen LogP contribution in [0.3, 0.4) is 0 Å². The van der Waals surface area contributed by atoms with Crippen LogP contribution >= 0.6 is 0 Å². The predicted molar refractivity (Wildman–Crippen MR) is 84.5 cm³/mol. The molecule has 0 fully saturated rings. The van der Waals surface area contributed by atoms with Gasteiger partial charge in [-0.1, -0.05) is 18.2 Å². The molecular formula is C18H18F3NO. The highest BCUT2D eigenvalue weighted by Gasteiger charge is 2.31. The average Bonchev–Trinajstić information content (AvgIpc) is 2.47. The molecule has 5 heteroatoms. The van der Waals surface area contributed by atoms with Gasteiger partial charge in [0, 0.05) is 31.9 Å². The molecule has 0 bridgehead atoms. The number of hydrogen-bond acceptors (Lipinski definition) is 1. The molecule has 2 nitrogen and oxygen atoms in total. The van der Waals surface area contributed by atoms with Crippen LogP contribution in [-0.2, 0) is 6.18 Å². The van der Waals surface area contributed by atoms with E-state index >= 15 is 0 Å². The zero-order valence-corrected chi connectivity index (χ0v) is 13.2. The van der Waals surface area contributed by atoms with Crippen molar-refractivity contribution in [1.82, 2.24) is 0 Å². The summed E-state index contributed by atoms with van der Waals surface area (Å²) in [5.74, 6) is 0. The maximum Gasteiger partial charge on any atom is 0.416 e. The number of halogens is 3. The number of hydrogen-bond donors (Lipinski definition) is 0. The third-order valence-electron chi connectivity index (χ3n) is 3.35. The second-order valence-corrected chi connectivity index (χ2v) is 6.25. The summed E-state index contributed by atoms with van der Waals surface area (Å²) >= 11 is 0. The van der Waals surface area contributed by atoms with Gasteiger partial charge in [0.15, 0.2) is 5.54 Å². The predicted octanol–water partition coefficient (Wildman–Crippen LogP) is 4.85. The molecular weight excluding hydrogens is 303 g/mol. The van der Waals surface area contributed by atoms with E-state index in [-0.39, 0.29) is 0 Å². The summed E-state index contributed by atoms with van der Waals surface area (Å²) < 4.78 is 39.0. The van der Waals surface area contributed by atoms with Gasteiger partial charge in [0.25, 0.3) is 0 Å². The molecule has 0 aliphatic rings. The quantitative estimate of drug-likeness (QED) is 0.336. The Morgan fingerprint density at radius 1 is 0.826 bits per heavy atom. The van der Waals surface area contributed by atoms with E-state index in [1.807, 2.05) is 6.07 Å². The van der Waals surface area contributed by atoms with Crippen LogP contribution < -0.4 is 0 Å². The van der Waals surface area contributed by atoms with Gasteiger partial charge in [-0.2, -0.15) is 17.9 Å². The molecule has 0 unspecified atom stereocenters. The van der Waals surface area contributed by atoms with Gasteiger partial charge in [0.2, 0.25) is 5.71 Å². The number of rotatable bonds is 2. The lowest BCUT2D eigenvalue weighted by Gasteiger charge is -2.23. The van der Waals surface area contributed by atoms with E-state index in [4.69, 9.17) is 0 Å². The van der Waals surface area contributed by atoms with Gasteiger partial charge in [-0.25, -0.2) is 0 Å². The fraction of sp³-hybridized carbons (Fsp3) is 0.278. The first-order valence-corrected chi connectivity index (χ1v) is 7.18. The van der Waals surface area contributed by atoms with E-state index in [0.717, 1.165) is 16.9 Å². The second kappa shape index (κ2) is 6.07. The maximum absolute atomic E-state index is 12.7. The minimum atomic E-state index is -4.40. The van der Waals surface area contributed by atoms with Crippen molar-refractivity contribution < 1.29 is 17.9 Å². The van der Waals surface area contributed by atoms with Gasteiger partial charge >= 0.3 is 6.18 Å². The van der Waals surface area contributed by atoms with Crippen LogP contribution in [0.4, 0.5) is 13.2 Å². The van der Waals surface area contributed by atoms with E-state index in [1.165, 1.54) is 12.1 Å². The maximum atomic E-state index is 12.7. The van der Waals surface area contributed by atoms with E-state index in [9.17, 15) is 18.4 Å². The van der Waals surface area contributed by atoms with Crippen LogP contribution in [0.25, 0.3) is 0 Å². The lowest BCUT2D eigenvalue weighted by molar-refractivity contribution is -0.534. The van der Waals surface area contributed by atoms with Crippen LogP contribution in [0.5, 0.6) is 0 Å². The van der Waals surface area contributed by atoms with Gasteiger partial charge in [-0.05, 0) is 36.4 Å². The van der Waals surface area contributed by atoms with Crippen LogP contribution in [0.2, 0.25) is 0 Å². The highest BCUT2D eigenvalue weighted by Crippen LogP contribution is 2.29. The summed E-state index contributed by atoms with van der Waals surface area (Å²) in [6.07, 6.45) is -4.40. The monoisotopic (exact) mass is 321 g/mol. The molecule has 0 aliphatic heterocycles. The van der Waals surface area contributed by atoms with Crippen molar-refractivity contribution in [1.29, 1.82) is 0 Å². The number of hydroxylamine groups is 1. The summed E-state index contributed by atoms with van der Waals surface area (Å²) in [6, 6.07) is 13.6. The van der Waals surface area contributed by atoms with Crippen molar-refractivity contribution >= 4 is 5.71 Å². The molecule has 0 atom stereocenters. The minimum absolute atomic E-state index is 0.354. The standard InChI is InChI=1S/C18H18F3NO/c1-17(2,3)22(23)16(13-7-5-4-6-8-13)14-9-11-15(12-10-14)18(19,20)21/h4-12H,1-3H3/b22-16+. The van der Waals surface area contributed by atoms with Crippen LogP contribution in [0.1, 0.15) is 37.5 Å². The molecule has 0 spiro atoms. The Kier molecular flexibility index (Phi) is 4.50. The van der Waals surface area contributed by atoms with Gasteiger partial charge in [-0.3, -0.25) is 0 Å². The van der Waals surface area contributed by atoms with Crippen LogP contribution in [0, 0.1) is 5.21 Å². The van der Waals surface area contributed by atoms with Gasteiger partial charge in [0.05, 0.1) is 5.56 Å². The summed E-state index contributed by atoms with van der Waals surface area (Å²) in [5, 5.41) is 12.7. The first kappa shape index (κ1) is 17.1. The topological polar surface area (TPSA) is 26.1 Å². The highest BCUT2D eigenvalue weighted by molar-refractivity contribution is 6.09. The van der Waals surface area contributed by atoms with Crippen molar-refractivity contribution in [2.75, 3.05) is 0 Å². The SMILES string of the molecule is CC(C)(C)/[N+]([O-])=C(/c1ccccc1)c1ccc(C(F)(F)F)cc1. The van der Waals surface area contributed by atoms with Crippen molar-refractivity contribution in [3.05, 3.63) is 76.5 Å². The summed E-state index contributed by atoms with van der Waals surface area (Å²) in [5.41, 5.74) is 0.0217. The molecule has 2 aromatic rings. The third-order valence-corrected chi connectivity index (χ3v) is 3.35. The van der Waals surface area contributed by atoms with E-state index < -0.39 is 17.3 Å². The fourth-order valence-electron chi connectivity index (χ4n) is 2.15. The van der Waals surface area contributed by atoms with E-state index in [1.54, 1.807) is 45.0 Å². The molecule has 0 amide bonds. The zero-order valence-electron chi connectivity index (χ0n) is 13.2. The molecule has 2 aromatic carbocycles. The number of nitrogens with zero attached hydrogens (tertiary/aromatic N) is 1. The third kappa shape index (κ3) is 3.92. The fourth-order valence-corrected chi connectivity index (χ4v) is 2.15. The van der Waals surface area contributed by atoms with Gasteiger partial charge in [-0.15, -0.1) is 0 Å². The molecule has 0 N–H and O–H groups in total. The minimum Gasteiger partial charge on any atom is -0.623 e. The average molecular weight is 321 g/mol. The molecule has 0 saturated carbocycles. The van der Waals surface area contributed by atoms with Crippen molar-refractivity contribution in [3.63, 3.8) is 0 Å². The molecule has 23 heavy (non-hydrogen) atoms. The van der Waals surface area contributed by atoms with Crippen LogP contribution in [-0.4, -0.2) is 16.0 Å². The Morgan fingerprint density at radius 3 is 1.74 bits per heavy atom. The van der Waals surface area contributed by atoms with E-state index in [0.29, 0.717) is 16.8 Å². The summed E-state index contributed by atoms with van der Waals surface area (Å²) in [6.45, 7) is 5.27. The Morgan fingerprint density at radius 2 is 1.30 bits per heavy atom. The molecule has 0 aliphatic carbocycles. The summed E-state index contributed by atoms with van der Waals surface area (Å²) in [7, 11) is 0. The molecule has 0 radical (unpaired) electrons. The van der Waals surface area contributed by atoms with Crippen molar-refractivity contribution in [2.24, 2.45) is 0 Å². The molecule has 0 saturated heterocycles. The molecule has 2 rings (SSSR count). The number of benzene rings is 2. The van der Waals surface area contributed by atoms with Crippen LogP contribution in [0.15, 0.2) is 54.6 Å². The first-order valence-electron chi connectivity index (χ1n) is 7.18. The Bertz CT molecular complexity index is 696. The van der Waals surface area contributed by atoms with Gasteiger partial charge < -0.3 is 5.21 Å². The lowest BCUT2D eigenvalue weighted by atomic mass is 9.99. The lowest BCUT2D eigenvalue weighted by Crippen LogP contribution is -2.34. The van der Waals surface area contributed by atoms with E-state index in [2.05, 4.69) is 0 Å². The first-order chi connectivity index (χ1) is 10.6. The zero-order chi connectivity index (χ0) is 17.3. The van der Waals surface area contributed by atoms with Crippen molar-refractivity contribution in [2.45, 2.75) is 32.5 Å². The molecule has 0 aromatic heterocycles.